The van der Waals surface area contributed by atoms with E-state index in [1.165, 1.54) is 16.7 Å². The molecule has 0 heterocycles. The molecule has 0 aliphatic heterocycles. The molecular formula is C10H14ClN. The van der Waals surface area contributed by atoms with Gasteiger partial charge in [0.2, 0.25) is 0 Å². The zero-order chi connectivity index (χ0) is 9.14. The van der Waals surface area contributed by atoms with Gasteiger partial charge < -0.3 is 5.73 Å². The van der Waals surface area contributed by atoms with Gasteiger partial charge in [0.05, 0.1) is 0 Å². The maximum Gasteiger partial charge on any atom is 0.0438 e. The van der Waals surface area contributed by atoms with Crippen molar-refractivity contribution in [1.29, 1.82) is 0 Å². The summed E-state index contributed by atoms with van der Waals surface area (Å²) >= 11 is 5.98. The Morgan fingerprint density at radius 1 is 1.33 bits per heavy atom. The molecule has 0 saturated heterocycles. The first-order valence-corrected chi connectivity index (χ1v) is 4.49. The van der Waals surface area contributed by atoms with Crippen LogP contribution in [0.1, 0.15) is 16.7 Å². The van der Waals surface area contributed by atoms with Gasteiger partial charge >= 0.3 is 0 Å². The molecule has 1 rings (SSSR count). The zero-order valence-corrected chi connectivity index (χ0v) is 8.28. The molecule has 0 amide bonds. The average Bonchev–Trinajstić information content (AvgIpc) is 2.06. The van der Waals surface area contributed by atoms with Crippen LogP contribution in [0, 0.1) is 13.8 Å². The third kappa shape index (κ3) is 1.79. The second-order valence-electron chi connectivity index (χ2n) is 3.01. The Hall–Kier alpha value is -0.530. The van der Waals surface area contributed by atoms with Gasteiger partial charge in [0, 0.05) is 5.02 Å². The minimum Gasteiger partial charge on any atom is -0.330 e. The van der Waals surface area contributed by atoms with Crippen molar-refractivity contribution in [2.75, 3.05) is 6.54 Å². The molecule has 1 aromatic rings. The van der Waals surface area contributed by atoms with Crippen LogP contribution in [0.2, 0.25) is 5.02 Å². The lowest BCUT2D eigenvalue weighted by molar-refractivity contribution is 0.946. The molecule has 1 aromatic carbocycles. The van der Waals surface area contributed by atoms with Crippen LogP contribution in [-0.2, 0) is 6.42 Å². The quantitative estimate of drug-likeness (QED) is 0.749. The second kappa shape index (κ2) is 3.92. The SMILES string of the molecule is Cc1ccc(Cl)c(C)c1CCN. The number of halogens is 1. The fraction of sp³-hybridized carbons (Fsp3) is 0.400. The molecule has 2 N–H and O–H groups in total. The average molecular weight is 184 g/mol. The number of hydrogen-bond acceptors (Lipinski definition) is 1. The van der Waals surface area contributed by atoms with Crippen LogP contribution in [0.3, 0.4) is 0 Å². The highest BCUT2D eigenvalue weighted by Crippen LogP contribution is 2.22. The van der Waals surface area contributed by atoms with E-state index < -0.39 is 0 Å². The molecule has 0 fully saturated rings. The highest BCUT2D eigenvalue weighted by molar-refractivity contribution is 6.31. The first-order chi connectivity index (χ1) is 5.66. The first-order valence-electron chi connectivity index (χ1n) is 4.11. The number of nitrogens with two attached hydrogens (primary N) is 1. The Morgan fingerprint density at radius 3 is 2.58 bits per heavy atom. The van der Waals surface area contributed by atoms with Crippen LogP contribution in [0.15, 0.2) is 12.1 Å². The fourth-order valence-corrected chi connectivity index (χ4v) is 1.57. The largest absolute Gasteiger partial charge is 0.330 e. The van der Waals surface area contributed by atoms with E-state index in [4.69, 9.17) is 17.3 Å². The summed E-state index contributed by atoms with van der Waals surface area (Å²) in [6, 6.07) is 3.98. The Labute approximate surface area is 78.5 Å². The molecule has 0 atom stereocenters. The van der Waals surface area contributed by atoms with Gasteiger partial charge in [0.15, 0.2) is 0 Å². The van der Waals surface area contributed by atoms with Crippen molar-refractivity contribution in [3.8, 4) is 0 Å². The van der Waals surface area contributed by atoms with Crippen molar-refractivity contribution in [1.82, 2.24) is 0 Å². The number of hydrogen-bond donors (Lipinski definition) is 1. The van der Waals surface area contributed by atoms with E-state index in [0.717, 1.165) is 11.4 Å². The summed E-state index contributed by atoms with van der Waals surface area (Å²) in [7, 11) is 0. The number of benzene rings is 1. The third-order valence-corrected chi connectivity index (χ3v) is 2.57. The summed E-state index contributed by atoms with van der Waals surface area (Å²) in [5, 5.41) is 0.837. The third-order valence-electron chi connectivity index (χ3n) is 2.16. The van der Waals surface area contributed by atoms with Gasteiger partial charge in [0.25, 0.3) is 0 Å². The minimum absolute atomic E-state index is 0.683. The zero-order valence-electron chi connectivity index (χ0n) is 7.52. The van der Waals surface area contributed by atoms with E-state index in [9.17, 15) is 0 Å². The monoisotopic (exact) mass is 183 g/mol. The highest BCUT2D eigenvalue weighted by Gasteiger charge is 2.04. The van der Waals surface area contributed by atoms with Gasteiger partial charge in [-0.1, -0.05) is 17.7 Å². The normalized spacial score (nSPS) is 10.3. The molecule has 12 heavy (non-hydrogen) atoms. The van der Waals surface area contributed by atoms with E-state index in [1.807, 2.05) is 19.1 Å². The van der Waals surface area contributed by atoms with Crippen molar-refractivity contribution in [2.45, 2.75) is 20.3 Å². The lowest BCUT2D eigenvalue weighted by Crippen LogP contribution is -2.05. The number of aryl methyl sites for hydroxylation is 1. The molecule has 0 bridgehead atoms. The molecule has 0 aliphatic rings. The van der Waals surface area contributed by atoms with Crippen molar-refractivity contribution >= 4 is 11.6 Å². The van der Waals surface area contributed by atoms with Gasteiger partial charge in [0.1, 0.15) is 0 Å². The van der Waals surface area contributed by atoms with E-state index in [2.05, 4.69) is 6.92 Å². The molecule has 0 radical (unpaired) electrons. The summed E-state index contributed by atoms with van der Waals surface area (Å²) in [5.74, 6) is 0. The molecule has 0 aliphatic carbocycles. The molecule has 0 spiro atoms. The molecule has 1 nitrogen and oxygen atoms in total. The standard InChI is InChI=1S/C10H14ClN/c1-7-3-4-10(11)8(2)9(7)5-6-12/h3-4H,5-6,12H2,1-2H3. The van der Waals surface area contributed by atoms with Crippen molar-refractivity contribution in [3.05, 3.63) is 33.8 Å². The predicted octanol–water partition coefficient (Wildman–Crippen LogP) is 2.46. The van der Waals surface area contributed by atoms with E-state index >= 15 is 0 Å². The highest BCUT2D eigenvalue weighted by atomic mass is 35.5. The smallest absolute Gasteiger partial charge is 0.0438 e. The van der Waals surface area contributed by atoms with Gasteiger partial charge in [-0.25, -0.2) is 0 Å². The van der Waals surface area contributed by atoms with Crippen LogP contribution >= 0.6 is 11.6 Å². The van der Waals surface area contributed by atoms with Crippen LogP contribution in [0.4, 0.5) is 0 Å². The summed E-state index contributed by atoms with van der Waals surface area (Å²) in [6.45, 7) is 4.82. The Balaban J connectivity index is 3.14. The van der Waals surface area contributed by atoms with Gasteiger partial charge in [-0.05, 0) is 49.6 Å². The Morgan fingerprint density at radius 2 is 2.00 bits per heavy atom. The predicted molar refractivity (Wildman–Crippen MR) is 53.7 cm³/mol. The first kappa shape index (κ1) is 9.56. The topological polar surface area (TPSA) is 26.0 Å². The summed E-state index contributed by atoms with van der Waals surface area (Å²) in [6.07, 6.45) is 0.915. The summed E-state index contributed by atoms with van der Waals surface area (Å²) < 4.78 is 0. The van der Waals surface area contributed by atoms with Crippen molar-refractivity contribution < 1.29 is 0 Å². The fourth-order valence-electron chi connectivity index (χ4n) is 1.39. The van der Waals surface area contributed by atoms with Gasteiger partial charge in [-0.2, -0.15) is 0 Å². The van der Waals surface area contributed by atoms with E-state index in [0.29, 0.717) is 6.54 Å². The van der Waals surface area contributed by atoms with Gasteiger partial charge in [-0.3, -0.25) is 0 Å². The van der Waals surface area contributed by atoms with Crippen LogP contribution in [0.5, 0.6) is 0 Å². The van der Waals surface area contributed by atoms with Gasteiger partial charge in [-0.15, -0.1) is 0 Å². The molecule has 0 saturated carbocycles. The molecule has 0 unspecified atom stereocenters. The van der Waals surface area contributed by atoms with E-state index in [1.54, 1.807) is 0 Å². The molecule has 0 aromatic heterocycles. The Kier molecular flexibility index (Phi) is 3.12. The van der Waals surface area contributed by atoms with Crippen LogP contribution < -0.4 is 5.73 Å². The molecule has 66 valence electrons. The maximum absolute atomic E-state index is 5.98. The van der Waals surface area contributed by atoms with E-state index in [-0.39, 0.29) is 0 Å². The minimum atomic E-state index is 0.683. The lowest BCUT2D eigenvalue weighted by Gasteiger charge is -2.09. The number of rotatable bonds is 2. The van der Waals surface area contributed by atoms with Crippen LogP contribution in [0.25, 0.3) is 0 Å². The summed E-state index contributed by atoms with van der Waals surface area (Å²) in [5.41, 5.74) is 9.25. The van der Waals surface area contributed by atoms with Crippen molar-refractivity contribution in [2.24, 2.45) is 5.73 Å². The summed E-state index contributed by atoms with van der Waals surface area (Å²) in [4.78, 5) is 0. The lowest BCUT2D eigenvalue weighted by atomic mass is 10.0. The van der Waals surface area contributed by atoms with Crippen LogP contribution in [-0.4, -0.2) is 6.54 Å². The maximum atomic E-state index is 5.98. The molecular weight excluding hydrogens is 170 g/mol. The van der Waals surface area contributed by atoms with Crippen molar-refractivity contribution in [3.63, 3.8) is 0 Å². The molecule has 2 heteroatoms. The second-order valence-corrected chi connectivity index (χ2v) is 3.41. The Bertz CT molecular complexity index is 281.